The van der Waals surface area contributed by atoms with Gasteiger partial charge in [-0.2, -0.15) is 0 Å². The largest absolute Gasteiger partial charge is 0.437 e. The Hall–Kier alpha value is -2.55. The minimum atomic E-state index is 0.632. The molecule has 0 atom stereocenters. The van der Waals surface area contributed by atoms with Gasteiger partial charge in [-0.25, -0.2) is 4.98 Å². The van der Waals surface area contributed by atoms with Gasteiger partial charge in [0.05, 0.1) is 0 Å². The fourth-order valence-corrected chi connectivity index (χ4v) is 2.18. The highest BCUT2D eigenvalue weighted by Crippen LogP contribution is 2.19. The summed E-state index contributed by atoms with van der Waals surface area (Å²) in [4.78, 5) is 6.55. The standard InChI is InChI=1S/C18H18N2O/c1-13-4-10-17-16(12-13)19-18(21-17)11-7-14-5-8-15(9-6-14)20(2)3/h4-12H,1-3H3/b11-7+. The summed E-state index contributed by atoms with van der Waals surface area (Å²) in [6, 6.07) is 14.4. The predicted octanol–water partition coefficient (Wildman–Crippen LogP) is 4.37. The maximum atomic E-state index is 5.70. The van der Waals surface area contributed by atoms with Gasteiger partial charge in [0.15, 0.2) is 5.58 Å². The zero-order chi connectivity index (χ0) is 14.8. The van der Waals surface area contributed by atoms with Crippen molar-refractivity contribution in [2.75, 3.05) is 19.0 Å². The molecular formula is C18H18N2O. The molecule has 3 aromatic rings. The number of aryl methyl sites for hydroxylation is 1. The minimum Gasteiger partial charge on any atom is -0.437 e. The molecule has 21 heavy (non-hydrogen) atoms. The van der Waals surface area contributed by atoms with Crippen molar-refractivity contribution in [2.24, 2.45) is 0 Å². The van der Waals surface area contributed by atoms with E-state index in [1.807, 2.05) is 44.4 Å². The lowest BCUT2D eigenvalue weighted by Gasteiger charge is -2.11. The van der Waals surface area contributed by atoms with E-state index in [-0.39, 0.29) is 0 Å². The summed E-state index contributed by atoms with van der Waals surface area (Å²) in [5.74, 6) is 0.632. The number of oxazole rings is 1. The molecule has 0 unspecified atom stereocenters. The Kier molecular flexibility index (Phi) is 3.48. The van der Waals surface area contributed by atoms with E-state index in [0.29, 0.717) is 5.89 Å². The molecule has 0 saturated carbocycles. The van der Waals surface area contributed by atoms with Gasteiger partial charge >= 0.3 is 0 Å². The minimum absolute atomic E-state index is 0.632. The van der Waals surface area contributed by atoms with Gasteiger partial charge in [0.2, 0.25) is 5.89 Å². The summed E-state index contributed by atoms with van der Waals surface area (Å²) in [6.07, 6.45) is 3.91. The summed E-state index contributed by atoms with van der Waals surface area (Å²) in [5.41, 5.74) is 5.22. The van der Waals surface area contributed by atoms with E-state index in [4.69, 9.17) is 4.42 Å². The Morgan fingerprint density at radius 3 is 2.48 bits per heavy atom. The summed E-state index contributed by atoms with van der Waals surface area (Å²) >= 11 is 0. The Balaban J connectivity index is 1.83. The smallest absolute Gasteiger partial charge is 0.220 e. The number of aromatic nitrogens is 1. The number of fused-ring (bicyclic) bond motifs is 1. The molecule has 0 saturated heterocycles. The van der Waals surface area contributed by atoms with Gasteiger partial charge in [-0.15, -0.1) is 0 Å². The fraction of sp³-hybridized carbons (Fsp3) is 0.167. The van der Waals surface area contributed by atoms with Crippen molar-refractivity contribution in [1.29, 1.82) is 0 Å². The summed E-state index contributed by atoms with van der Waals surface area (Å²) in [5, 5.41) is 0. The fourth-order valence-electron chi connectivity index (χ4n) is 2.18. The van der Waals surface area contributed by atoms with Crippen molar-refractivity contribution in [1.82, 2.24) is 4.98 Å². The zero-order valence-electron chi connectivity index (χ0n) is 12.5. The molecule has 1 aromatic heterocycles. The van der Waals surface area contributed by atoms with E-state index in [2.05, 4.69) is 41.1 Å². The van der Waals surface area contributed by atoms with Crippen LogP contribution in [-0.4, -0.2) is 19.1 Å². The van der Waals surface area contributed by atoms with Gasteiger partial charge < -0.3 is 9.32 Å². The Labute approximate surface area is 124 Å². The van der Waals surface area contributed by atoms with Gasteiger partial charge in [0.25, 0.3) is 0 Å². The molecule has 0 spiro atoms. The van der Waals surface area contributed by atoms with Crippen LogP contribution in [0.4, 0.5) is 5.69 Å². The van der Waals surface area contributed by atoms with Crippen LogP contribution in [-0.2, 0) is 0 Å². The van der Waals surface area contributed by atoms with Crippen LogP contribution in [0.1, 0.15) is 17.0 Å². The normalized spacial score (nSPS) is 11.4. The first-order valence-corrected chi connectivity index (χ1v) is 6.94. The third kappa shape index (κ3) is 2.97. The van der Waals surface area contributed by atoms with Gasteiger partial charge in [-0.1, -0.05) is 18.2 Å². The number of benzene rings is 2. The molecular weight excluding hydrogens is 260 g/mol. The first-order chi connectivity index (χ1) is 10.1. The molecule has 0 aliphatic rings. The van der Waals surface area contributed by atoms with Gasteiger partial charge in [-0.3, -0.25) is 0 Å². The van der Waals surface area contributed by atoms with Crippen LogP contribution in [0.3, 0.4) is 0 Å². The highest BCUT2D eigenvalue weighted by Gasteiger charge is 2.02. The molecule has 0 radical (unpaired) electrons. The van der Waals surface area contributed by atoms with E-state index >= 15 is 0 Å². The predicted molar refractivity (Wildman–Crippen MR) is 88.4 cm³/mol. The second kappa shape index (κ2) is 5.44. The number of hydrogen-bond acceptors (Lipinski definition) is 3. The van der Waals surface area contributed by atoms with Crippen LogP contribution >= 0.6 is 0 Å². The van der Waals surface area contributed by atoms with Gasteiger partial charge in [0, 0.05) is 25.9 Å². The molecule has 0 aliphatic carbocycles. The first kappa shape index (κ1) is 13.4. The van der Waals surface area contributed by atoms with E-state index in [0.717, 1.165) is 16.7 Å². The topological polar surface area (TPSA) is 29.3 Å². The van der Waals surface area contributed by atoms with Gasteiger partial charge in [-0.05, 0) is 48.4 Å². The summed E-state index contributed by atoms with van der Waals surface area (Å²) in [7, 11) is 4.07. The van der Waals surface area contributed by atoms with Crippen molar-refractivity contribution >= 4 is 28.9 Å². The molecule has 3 nitrogen and oxygen atoms in total. The number of rotatable bonds is 3. The summed E-state index contributed by atoms with van der Waals surface area (Å²) < 4.78 is 5.70. The van der Waals surface area contributed by atoms with Crippen LogP contribution < -0.4 is 4.90 Å². The monoisotopic (exact) mass is 278 g/mol. The average molecular weight is 278 g/mol. The van der Waals surface area contributed by atoms with E-state index in [1.165, 1.54) is 11.3 Å². The van der Waals surface area contributed by atoms with E-state index in [9.17, 15) is 0 Å². The maximum absolute atomic E-state index is 5.70. The molecule has 0 N–H and O–H groups in total. The highest BCUT2D eigenvalue weighted by atomic mass is 16.3. The summed E-state index contributed by atoms with van der Waals surface area (Å²) in [6.45, 7) is 2.05. The van der Waals surface area contributed by atoms with Crippen LogP contribution in [0.15, 0.2) is 46.9 Å². The molecule has 1 heterocycles. The molecule has 3 rings (SSSR count). The molecule has 106 valence electrons. The lowest BCUT2D eigenvalue weighted by atomic mass is 10.2. The highest BCUT2D eigenvalue weighted by molar-refractivity contribution is 5.76. The Morgan fingerprint density at radius 1 is 1.00 bits per heavy atom. The number of anilines is 1. The van der Waals surface area contributed by atoms with Crippen molar-refractivity contribution in [3.05, 3.63) is 59.5 Å². The quantitative estimate of drug-likeness (QED) is 0.712. The van der Waals surface area contributed by atoms with E-state index < -0.39 is 0 Å². The first-order valence-electron chi connectivity index (χ1n) is 6.94. The molecule has 0 aliphatic heterocycles. The third-order valence-corrected chi connectivity index (χ3v) is 3.39. The van der Waals surface area contributed by atoms with Crippen molar-refractivity contribution in [3.63, 3.8) is 0 Å². The second-order valence-corrected chi connectivity index (χ2v) is 5.34. The third-order valence-electron chi connectivity index (χ3n) is 3.39. The lowest BCUT2D eigenvalue weighted by molar-refractivity contribution is 0.589. The molecule has 0 bridgehead atoms. The Morgan fingerprint density at radius 2 is 1.76 bits per heavy atom. The maximum Gasteiger partial charge on any atom is 0.220 e. The average Bonchev–Trinajstić information content (AvgIpc) is 2.87. The van der Waals surface area contributed by atoms with Crippen molar-refractivity contribution in [3.8, 4) is 0 Å². The SMILES string of the molecule is Cc1ccc2oc(/C=C/c3ccc(N(C)C)cc3)nc2c1. The van der Waals surface area contributed by atoms with E-state index in [1.54, 1.807) is 0 Å². The van der Waals surface area contributed by atoms with Crippen LogP contribution in [0.2, 0.25) is 0 Å². The van der Waals surface area contributed by atoms with Crippen LogP contribution in [0.25, 0.3) is 23.3 Å². The van der Waals surface area contributed by atoms with Crippen molar-refractivity contribution in [2.45, 2.75) is 6.92 Å². The molecule has 2 aromatic carbocycles. The second-order valence-electron chi connectivity index (χ2n) is 5.34. The molecule has 0 fully saturated rings. The van der Waals surface area contributed by atoms with Crippen molar-refractivity contribution < 1.29 is 4.42 Å². The number of nitrogens with zero attached hydrogens (tertiary/aromatic N) is 2. The van der Waals surface area contributed by atoms with Crippen LogP contribution in [0, 0.1) is 6.92 Å². The molecule has 3 heteroatoms. The van der Waals surface area contributed by atoms with Gasteiger partial charge in [0.1, 0.15) is 5.52 Å². The molecule has 0 amide bonds. The van der Waals surface area contributed by atoms with Crippen LogP contribution in [0.5, 0.6) is 0 Å². The lowest BCUT2D eigenvalue weighted by Crippen LogP contribution is -2.07. The zero-order valence-corrected chi connectivity index (χ0v) is 12.5. The Bertz CT molecular complexity index is 783. The number of hydrogen-bond donors (Lipinski definition) is 0.